The predicted octanol–water partition coefficient (Wildman–Crippen LogP) is 1.30. The first-order chi connectivity index (χ1) is 6.25. The lowest BCUT2D eigenvalue weighted by molar-refractivity contribution is 0.190. The van der Waals surface area contributed by atoms with E-state index < -0.39 is 0 Å². The van der Waals surface area contributed by atoms with Gasteiger partial charge in [0.15, 0.2) is 5.82 Å². The minimum absolute atomic E-state index is 0.515. The Labute approximate surface area is 78.1 Å². The Morgan fingerprint density at radius 2 is 2.46 bits per heavy atom. The molecule has 1 aliphatic carbocycles. The van der Waals surface area contributed by atoms with Gasteiger partial charge in [-0.25, -0.2) is 0 Å². The van der Waals surface area contributed by atoms with Crippen molar-refractivity contribution in [2.24, 2.45) is 11.8 Å². The molecule has 1 aromatic rings. The Hall–Kier alpha value is -1.06. The highest BCUT2D eigenvalue weighted by Gasteiger charge is 2.24. The third-order valence-electron chi connectivity index (χ3n) is 2.96. The van der Waals surface area contributed by atoms with Crippen LogP contribution in [0, 0.1) is 11.8 Å². The highest BCUT2D eigenvalue weighted by molar-refractivity contribution is 5.19. The van der Waals surface area contributed by atoms with E-state index in [0.29, 0.717) is 11.7 Å². The average Bonchev–Trinajstić information content (AvgIpc) is 2.31. The summed E-state index contributed by atoms with van der Waals surface area (Å²) in [7, 11) is 0. The van der Waals surface area contributed by atoms with Gasteiger partial charge in [0, 0.05) is 0 Å². The van der Waals surface area contributed by atoms with Gasteiger partial charge in [-0.15, -0.1) is 5.10 Å². The molecule has 0 saturated heterocycles. The van der Waals surface area contributed by atoms with Gasteiger partial charge in [0.1, 0.15) is 0 Å². The van der Waals surface area contributed by atoms with Gasteiger partial charge in [-0.1, -0.05) is 26.2 Å². The first-order valence-corrected chi connectivity index (χ1v) is 4.91. The van der Waals surface area contributed by atoms with E-state index in [9.17, 15) is 0 Å². The van der Waals surface area contributed by atoms with Crippen molar-refractivity contribution in [3.63, 3.8) is 0 Å². The SMILES string of the molecule is CC(Cn1ncc(N)n1)C1CCC1. The Balaban J connectivity index is 1.89. The molecule has 1 fully saturated rings. The molecule has 4 heteroatoms. The van der Waals surface area contributed by atoms with Crippen LogP contribution in [0.5, 0.6) is 0 Å². The number of rotatable bonds is 3. The first kappa shape index (κ1) is 8.53. The van der Waals surface area contributed by atoms with Crippen molar-refractivity contribution in [2.75, 3.05) is 5.73 Å². The number of nitrogens with zero attached hydrogens (tertiary/aromatic N) is 3. The molecule has 13 heavy (non-hydrogen) atoms. The molecule has 1 heterocycles. The van der Waals surface area contributed by atoms with Crippen molar-refractivity contribution in [2.45, 2.75) is 32.7 Å². The Bertz CT molecular complexity index is 277. The van der Waals surface area contributed by atoms with Gasteiger partial charge in [0.05, 0.1) is 12.7 Å². The minimum atomic E-state index is 0.515. The van der Waals surface area contributed by atoms with E-state index in [-0.39, 0.29) is 0 Å². The molecule has 0 spiro atoms. The zero-order valence-electron chi connectivity index (χ0n) is 7.98. The van der Waals surface area contributed by atoms with Gasteiger partial charge in [-0.2, -0.15) is 9.90 Å². The van der Waals surface area contributed by atoms with Gasteiger partial charge in [0.2, 0.25) is 0 Å². The fourth-order valence-electron chi connectivity index (χ4n) is 1.81. The molecule has 0 radical (unpaired) electrons. The number of hydrogen-bond acceptors (Lipinski definition) is 3. The van der Waals surface area contributed by atoms with Crippen LogP contribution in [0.3, 0.4) is 0 Å². The van der Waals surface area contributed by atoms with E-state index in [1.165, 1.54) is 19.3 Å². The quantitative estimate of drug-likeness (QED) is 0.762. The molecule has 1 saturated carbocycles. The zero-order chi connectivity index (χ0) is 9.26. The van der Waals surface area contributed by atoms with Crippen LogP contribution >= 0.6 is 0 Å². The summed E-state index contributed by atoms with van der Waals surface area (Å²) in [5.74, 6) is 2.08. The average molecular weight is 180 g/mol. The van der Waals surface area contributed by atoms with Crippen LogP contribution in [0.4, 0.5) is 5.82 Å². The van der Waals surface area contributed by atoms with Crippen LogP contribution in [0.1, 0.15) is 26.2 Å². The second kappa shape index (κ2) is 3.36. The lowest BCUT2D eigenvalue weighted by Crippen LogP contribution is -2.24. The fraction of sp³-hybridized carbons (Fsp3) is 0.778. The molecule has 0 aliphatic heterocycles. The molecule has 1 unspecified atom stereocenters. The Kier molecular flexibility index (Phi) is 2.20. The molecule has 1 aromatic heterocycles. The molecule has 0 aromatic carbocycles. The van der Waals surface area contributed by atoms with E-state index >= 15 is 0 Å². The topological polar surface area (TPSA) is 56.7 Å². The first-order valence-electron chi connectivity index (χ1n) is 4.91. The highest BCUT2D eigenvalue weighted by atomic mass is 15.5. The summed E-state index contributed by atoms with van der Waals surface area (Å²) >= 11 is 0. The molecular weight excluding hydrogens is 164 g/mol. The number of anilines is 1. The smallest absolute Gasteiger partial charge is 0.165 e. The molecule has 0 amide bonds. The molecule has 1 atom stereocenters. The number of hydrogen-bond donors (Lipinski definition) is 1. The lowest BCUT2D eigenvalue weighted by atomic mass is 9.77. The van der Waals surface area contributed by atoms with Crippen molar-refractivity contribution < 1.29 is 0 Å². The summed E-state index contributed by atoms with van der Waals surface area (Å²) < 4.78 is 0. The summed E-state index contributed by atoms with van der Waals surface area (Å²) in [5.41, 5.74) is 5.48. The van der Waals surface area contributed by atoms with Crippen molar-refractivity contribution in [3.8, 4) is 0 Å². The summed E-state index contributed by atoms with van der Waals surface area (Å²) in [6.07, 6.45) is 5.74. The van der Waals surface area contributed by atoms with E-state index in [1.54, 1.807) is 11.0 Å². The van der Waals surface area contributed by atoms with E-state index in [4.69, 9.17) is 5.73 Å². The molecule has 4 nitrogen and oxygen atoms in total. The number of nitrogens with two attached hydrogens (primary N) is 1. The van der Waals surface area contributed by atoms with Crippen LogP contribution in [0.2, 0.25) is 0 Å². The fourth-order valence-corrected chi connectivity index (χ4v) is 1.81. The molecule has 2 N–H and O–H groups in total. The van der Waals surface area contributed by atoms with Gasteiger partial charge in [-0.3, -0.25) is 0 Å². The van der Waals surface area contributed by atoms with Gasteiger partial charge in [0.25, 0.3) is 0 Å². The standard InChI is InChI=1S/C9H16N4/c1-7(8-3-2-4-8)6-13-11-5-9(10)12-13/h5,7-8H,2-4,6H2,1H3,(H2,10,12). The van der Waals surface area contributed by atoms with Crippen LogP contribution in [-0.4, -0.2) is 15.0 Å². The summed E-state index contributed by atoms with van der Waals surface area (Å²) in [4.78, 5) is 1.71. The maximum Gasteiger partial charge on any atom is 0.165 e. The summed E-state index contributed by atoms with van der Waals surface area (Å²) in [5, 5.41) is 8.15. The van der Waals surface area contributed by atoms with Gasteiger partial charge >= 0.3 is 0 Å². The van der Waals surface area contributed by atoms with Crippen molar-refractivity contribution in [1.82, 2.24) is 15.0 Å². The van der Waals surface area contributed by atoms with E-state index in [2.05, 4.69) is 17.1 Å². The van der Waals surface area contributed by atoms with Crippen LogP contribution in [-0.2, 0) is 6.54 Å². The van der Waals surface area contributed by atoms with Crippen molar-refractivity contribution in [3.05, 3.63) is 6.20 Å². The summed E-state index contributed by atoms with van der Waals surface area (Å²) in [6, 6.07) is 0. The summed E-state index contributed by atoms with van der Waals surface area (Å²) in [6.45, 7) is 3.17. The lowest BCUT2D eigenvalue weighted by Gasteiger charge is -2.30. The van der Waals surface area contributed by atoms with Crippen LogP contribution in [0.25, 0.3) is 0 Å². The van der Waals surface area contributed by atoms with Gasteiger partial charge in [-0.05, 0) is 11.8 Å². The second-order valence-electron chi connectivity index (χ2n) is 3.99. The predicted molar refractivity (Wildman–Crippen MR) is 50.9 cm³/mol. The maximum absolute atomic E-state index is 5.48. The van der Waals surface area contributed by atoms with Crippen molar-refractivity contribution >= 4 is 5.82 Å². The third-order valence-corrected chi connectivity index (χ3v) is 2.96. The largest absolute Gasteiger partial charge is 0.381 e. The molecular formula is C9H16N4. The zero-order valence-corrected chi connectivity index (χ0v) is 7.98. The van der Waals surface area contributed by atoms with E-state index in [0.717, 1.165) is 12.5 Å². The minimum Gasteiger partial charge on any atom is -0.381 e. The molecule has 2 rings (SSSR count). The van der Waals surface area contributed by atoms with Crippen LogP contribution < -0.4 is 5.73 Å². The normalized spacial score (nSPS) is 19.8. The monoisotopic (exact) mass is 180 g/mol. The van der Waals surface area contributed by atoms with Crippen LogP contribution in [0.15, 0.2) is 6.20 Å². The molecule has 1 aliphatic rings. The third kappa shape index (κ3) is 1.82. The maximum atomic E-state index is 5.48. The van der Waals surface area contributed by atoms with E-state index in [1.807, 2.05) is 0 Å². The van der Waals surface area contributed by atoms with Crippen molar-refractivity contribution in [1.29, 1.82) is 0 Å². The highest BCUT2D eigenvalue weighted by Crippen LogP contribution is 2.33. The van der Waals surface area contributed by atoms with Gasteiger partial charge < -0.3 is 5.73 Å². The number of aromatic nitrogens is 3. The number of nitrogen functional groups attached to an aromatic ring is 1. The molecule has 0 bridgehead atoms. The second-order valence-corrected chi connectivity index (χ2v) is 3.99. The molecule has 72 valence electrons. The Morgan fingerprint density at radius 3 is 2.92 bits per heavy atom. The Morgan fingerprint density at radius 1 is 1.69 bits per heavy atom.